The predicted molar refractivity (Wildman–Crippen MR) is 113 cm³/mol. The van der Waals surface area contributed by atoms with Gasteiger partial charge in [0.15, 0.2) is 0 Å². The number of hydrogen-bond acceptors (Lipinski definition) is 6. The van der Waals surface area contributed by atoms with Crippen LogP contribution in [0.25, 0.3) is 0 Å². The van der Waals surface area contributed by atoms with Gasteiger partial charge in [-0.3, -0.25) is 14.6 Å². The zero-order valence-corrected chi connectivity index (χ0v) is 17.4. The molecule has 0 aliphatic carbocycles. The molecule has 0 saturated carbocycles. The number of rotatable bonds is 6. The van der Waals surface area contributed by atoms with Gasteiger partial charge in [-0.2, -0.15) is 0 Å². The van der Waals surface area contributed by atoms with Gasteiger partial charge in [0.2, 0.25) is 11.8 Å². The van der Waals surface area contributed by atoms with Gasteiger partial charge in [-0.25, -0.2) is 4.98 Å². The van der Waals surface area contributed by atoms with Crippen LogP contribution in [-0.4, -0.2) is 44.9 Å². The van der Waals surface area contributed by atoms with Crippen molar-refractivity contribution in [1.29, 1.82) is 0 Å². The maximum Gasteiger partial charge on any atom is 0.253 e. The van der Waals surface area contributed by atoms with Gasteiger partial charge in [-0.15, -0.1) is 0 Å². The first kappa shape index (κ1) is 20.9. The topological polar surface area (TPSA) is 109 Å². The number of hydrogen-bond donors (Lipinski definition) is 2. The van der Waals surface area contributed by atoms with Gasteiger partial charge in [0, 0.05) is 24.2 Å². The van der Waals surface area contributed by atoms with Crippen molar-refractivity contribution < 1.29 is 19.1 Å². The molecule has 1 fully saturated rings. The monoisotopic (exact) mass is 440 g/mol. The second-order valence-corrected chi connectivity index (χ2v) is 7.77. The molecule has 4 rings (SSSR count). The molecule has 1 aliphatic heterocycles. The number of carbonyl (C=O) groups excluding carboxylic acids is 2. The van der Waals surface area contributed by atoms with Crippen molar-refractivity contribution in [2.45, 2.75) is 25.3 Å². The van der Waals surface area contributed by atoms with E-state index in [9.17, 15) is 14.7 Å². The summed E-state index contributed by atoms with van der Waals surface area (Å²) < 4.78 is 5.93. The fraction of sp³-hybridized carbons (Fsp3) is 0.273. The van der Waals surface area contributed by atoms with E-state index in [1.54, 1.807) is 11.1 Å². The minimum absolute atomic E-state index is 0.115. The molecule has 3 aromatic rings. The summed E-state index contributed by atoms with van der Waals surface area (Å²) >= 11 is 6.04. The largest absolute Gasteiger partial charge is 0.506 e. The number of aromatic nitrogens is 2. The smallest absolute Gasteiger partial charge is 0.253 e. The number of aromatic hydroxyl groups is 1. The highest BCUT2D eigenvalue weighted by atomic mass is 35.5. The van der Waals surface area contributed by atoms with Crippen LogP contribution < -0.4 is 5.32 Å². The van der Waals surface area contributed by atoms with Crippen LogP contribution in [0.5, 0.6) is 5.75 Å². The summed E-state index contributed by atoms with van der Waals surface area (Å²) in [6, 6.07) is 8.56. The Morgan fingerprint density at radius 1 is 1.26 bits per heavy atom. The Bertz CT molecular complexity index is 1100. The lowest BCUT2D eigenvalue weighted by atomic mass is 10.1. The average Bonchev–Trinajstić information content (AvgIpc) is 3.41. The highest BCUT2D eigenvalue weighted by Gasteiger charge is 2.33. The number of nitrogens with zero attached hydrogens (tertiary/aromatic N) is 3. The molecule has 0 spiro atoms. The fourth-order valence-corrected chi connectivity index (χ4v) is 3.85. The molecule has 31 heavy (non-hydrogen) atoms. The Hall–Kier alpha value is -3.39. The van der Waals surface area contributed by atoms with Crippen LogP contribution in [0.4, 0.5) is 0 Å². The summed E-state index contributed by atoms with van der Waals surface area (Å²) in [6.45, 7) is 0.403. The van der Waals surface area contributed by atoms with Crippen molar-refractivity contribution in [3.63, 3.8) is 0 Å². The Balaban J connectivity index is 1.38. The number of likely N-dealkylation sites (tertiary alicyclic amines) is 1. The van der Waals surface area contributed by atoms with Crippen molar-refractivity contribution in [2.24, 2.45) is 0 Å². The maximum absolute atomic E-state index is 12.7. The van der Waals surface area contributed by atoms with E-state index in [0.717, 1.165) is 18.4 Å². The molecule has 9 heteroatoms. The zero-order valence-electron chi connectivity index (χ0n) is 16.6. The van der Waals surface area contributed by atoms with E-state index < -0.39 is 5.91 Å². The molecule has 1 aliphatic rings. The van der Waals surface area contributed by atoms with Crippen molar-refractivity contribution in [3.05, 3.63) is 76.7 Å². The fourth-order valence-electron chi connectivity index (χ4n) is 3.64. The molecule has 1 aromatic carbocycles. The first-order valence-corrected chi connectivity index (χ1v) is 10.3. The summed E-state index contributed by atoms with van der Waals surface area (Å²) in [4.78, 5) is 34.8. The molecular weight excluding hydrogens is 420 g/mol. The summed E-state index contributed by atoms with van der Waals surface area (Å²) in [5.41, 5.74) is 1.20. The highest BCUT2D eigenvalue weighted by Crippen LogP contribution is 2.32. The van der Waals surface area contributed by atoms with Gasteiger partial charge in [0.1, 0.15) is 17.6 Å². The molecule has 8 nitrogen and oxygen atoms in total. The minimum atomic E-state index is -0.479. The lowest BCUT2D eigenvalue weighted by molar-refractivity contribution is -0.131. The predicted octanol–water partition coefficient (Wildman–Crippen LogP) is 3.11. The number of oxazole rings is 1. The van der Waals surface area contributed by atoms with Crippen LogP contribution in [-0.2, 0) is 11.2 Å². The van der Waals surface area contributed by atoms with Crippen molar-refractivity contribution >= 4 is 23.4 Å². The van der Waals surface area contributed by atoms with Gasteiger partial charge < -0.3 is 19.7 Å². The maximum atomic E-state index is 12.7. The van der Waals surface area contributed by atoms with Crippen LogP contribution in [0, 0.1) is 0 Å². The molecule has 1 atom stereocenters. The highest BCUT2D eigenvalue weighted by molar-refractivity contribution is 6.30. The number of amides is 2. The van der Waals surface area contributed by atoms with Gasteiger partial charge in [-0.05, 0) is 36.6 Å². The molecular formula is C22H21ClN4O4. The van der Waals surface area contributed by atoms with Gasteiger partial charge in [0.05, 0.1) is 24.5 Å². The normalized spacial score (nSPS) is 15.8. The lowest BCUT2D eigenvalue weighted by Crippen LogP contribution is -2.40. The molecule has 2 amide bonds. The SMILES string of the molecule is O=C(NCC(=O)N1CCC[C@H]1c1ncc(Cc2cccc(Cl)c2)o1)c1cncc(O)c1. The van der Waals surface area contributed by atoms with Gasteiger partial charge >= 0.3 is 0 Å². The van der Waals surface area contributed by atoms with E-state index in [1.807, 2.05) is 24.3 Å². The second kappa shape index (κ2) is 9.18. The molecule has 160 valence electrons. The minimum Gasteiger partial charge on any atom is -0.506 e. The third-order valence-corrected chi connectivity index (χ3v) is 5.32. The summed E-state index contributed by atoms with van der Waals surface area (Å²) in [6.07, 6.45) is 6.36. The first-order valence-electron chi connectivity index (χ1n) is 9.90. The third kappa shape index (κ3) is 5.03. The van der Waals surface area contributed by atoms with Crippen LogP contribution in [0.3, 0.4) is 0 Å². The average molecular weight is 441 g/mol. The number of halogens is 1. The zero-order chi connectivity index (χ0) is 21.8. The Morgan fingerprint density at radius 3 is 2.94 bits per heavy atom. The lowest BCUT2D eigenvalue weighted by Gasteiger charge is -2.22. The van der Waals surface area contributed by atoms with E-state index in [2.05, 4.69) is 15.3 Å². The molecule has 2 N–H and O–H groups in total. The van der Waals surface area contributed by atoms with Crippen molar-refractivity contribution in [2.75, 3.05) is 13.1 Å². The first-order chi connectivity index (χ1) is 15.0. The standard InChI is InChI=1S/C22H21ClN4O4/c23-16-4-1-3-14(7-16)8-18-12-26-22(31-18)19-5-2-6-27(19)20(29)13-25-21(30)15-9-17(28)11-24-10-15/h1,3-4,7,9-12,19,28H,2,5-6,8,13H2,(H,25,30)/t19-/m0/s1. The van der Waals surface area contributed by atoms with Gasteiger partial charge in [-0.1, -0.05) is 23.7 Å². The van der Waals surface area contributed by atoms with Crippen LogP contribution >= 0.6 is 11.6 Å². The Labute approximate surface area is 183 Å². The van der Waals surface area contributed by atoms with E-state index in [1.165, 1.54) is 18.5 Å². The summed E-state index contributed by atoms with van der Waals surface area (Å²) in [5, 5.41) is 12.7. The van der Waals surface area contributed by atoms with E-state index in [4.69, 9.17) is 16.0 Å². The quantitative estimate of drug-likeness (QED) is 0.609. The van der Waals surface area contributed by atoms with E-state index in [-0.39, 0.29) is 29.8 Å². The molecule has 0 radical (unpaired) electrons. The van der Waals surface area contributed by atoms with Crippen LogP contribution in [0.1, 0.15) is 46.5 Å². The van der Waals surface area contributed by atoms with E-state index >= 15 is 0 Å². The van der Waals surface area contributed by atoms with E-state index in [0.29, 0.717) is 29.6 Å². The van der Waals surface area contributed by atoms with Crippen LogP contribution in [0.15, 0.2) is 53.3 Å². The molecule has 0 bridgehead atoms. The Kier molecular flexibility index (Phi) is 6.18. The molecule has 1 saturated heterocycles. The number of nitrogens with one attached hydrogen (secondary N) is 1. The number of benzene rings is 1. The van der Waals surface area contributed by atoms with Crippen molar-refractivity contribution in [3.8, 4) is 5.75 Å². The number of carbonyl (C=O) groups is 2. The number of pyridine rings is 1. The third-order valence-electron chi connectivity index (χ3n) is 5.08. The summed E-state index contributed by atoms with van der Waals surface area (Å²) in [7, 11) is 0. The second-order valence-electron chi connectivity index (χ2n) is 7.33. The molecule has 0 unspecified atom stereocenters. The molecule has 3 heterocycles. The van der Waals surface area contributed by atoms with Crippen LogP contribution in [0.2, 0.25) is 5.02 Å². The summed E-state index contributed by atoms with van der Waals surface area (Å²) in [5.74, 6) is 0.370. The Morgan fingerprint density at radius 2 is 2.13 bits per heavy atom. The van der Waals surface area contributed by atoms with Gasteiger partial charge in [0.25, 0.3) is 5.91 Å². The molecule has 2 aromatic heterocycles. The van der Waals surface area contributed by atoms with Crippen molar-refractivity contribution in [1.82, 2.24) is 20.2 Å².